The number of piperidine rings is 1. The van der Waals surface area contributed by atoms with Gasteiger partial charge in [0.05, 0.1) is 5.92 Å². The first-order valence-corrected chi connectivity index (χ1v) is 8.14. The Kier molecular flexibility index (Phi) is 5.96. The molecule has 0 aliphatic carbocycles. The van der Waals surface area contributed by atoms with E-state index in [2.05, 4.69) is 10.3 Å². The van der Waals surface area contributed by atoms with Gasteiger partial charge < -0.3 is 15.3 Å². The summed E-state index contributed by atoms with van der Waals surface area (Å²) in [6, 6.07) is 5.76. The van der Waals surface area contributed by atoms with Crippen molar-refractivity contribution in [1.82, 2.24) is 15.2 Å². The summed E-state index contributed by atoms with van der Waals surface area (Å²) in [5.41, 5.74) is 2.02. The van der Waals surface area contributed by atoms with Crippen molar-refractivity contribution in [3.8, 4) is 0 Å². The van der Waals surface area contributed by atoms with Crippen LogP contribution in [-0.2, 0) is 11.2 Å². The van der Waals surface area contributed by atoms with E-state index in [1.54, 1.807) is 4.90 Å². The molecule has 1 aromatic heterocycles. The lowest BCUT2D eigenvalue weighted by Crippen LogP contribution is -2.49. The largest absolute Gasteiger partial charge is 0.481 e. The van der Waals surface area contributed by atoms with Gasteiger partial charge in [-0.1, -0.05) is 13.0 Å². The Balaban J connectivity index is 1.75. The van der Waals surface area contributed by atoms with Gasteiger partial charge in [-0.3, -0.25) is 9.78 Å². The van der Waals surface area contributed by atoms with Crippen LogP contribution >= 0.6 is 0 Å². The standard InChI is InChI=1S/C17H25N3O3/c1-12-9-14(16(21)22)11-20(10-12)17(23)18-8-4-7-15-6-3-5-13(2)19-15/h3,5-6,12,14H,4,7-11H2,1-2H3,(H,18,23)(H,21,22). The number of urea groups is 1. The van der Waals surface area contributed by atoms with Gasteiger partial charge in [0.1, 0.15) is 0 Å². The van der Waals surface area contributed by atoms with Gasteiger partial charge in [0.15, 0.2) is 0 Å². The summed E-state index contributed by atoms with van der Waals surface area (Å²) >= 11 is 0. The van der Waals surface area contributed by atoms with E-state index >= 15 is 0 Å². The van der Waals surface area contributed by atoms with Gasteiger partial charge in [0.25, 0.3) is 0 Å². The third kappa shape index (κ3) is 5.23. The number of rotatable bonds is 5. The van der Waals surface area contributed by atoms with Gasteiger partial charge >= 0.3 is 12.0 Å². The number of amides is 2. The van der Waals surface area contributed by atoms with E-state index in [-0.39, 0.29) is 11.9 Å². The summed E-state index contributed by atoms with van der Waals surface area (Å²) in [6.07, 6.45) is 2.27. The molecular formula is C17H25N3O3. The number of hydrogen-bond acceptors (Lipinski definition) is 3. The summed E-state index contributed by atoms with van der Waals surface area (Å²) in [4.78, 5) is 29.4. The third-order valence-electron chi connectivity index (χ3n) is 4.13. The number of nitrogens with zero attached hydrogens (tertiary/aromatic N) is 2. The zero-order valence-corrected chi connectivity index (χ0v) is 13.8. The molecule has 1 aliphatic heterocycles. The molecule has 1 aliphatic rings. The van der Waals surface area contributed by atoms with Crippen molar-refractivity contribution >= 4 is 12.0 Å². The van der Waals surface area contributed by atoms with Crippen molar-refractivity contribution < 1.29 is 14.7 Å². The molecule has 126 valence electrons. The fraction of sp³-hybridized carbons (Fsp3) is 0.588. The van der Waals surface area contributed by atoms with Crippen LogP contribution in [0, 0.1) is 18.8 Å². The second-order valence-corrected chi connectivity index (χ2v) is 6.39. The van der Waals surface area contributed by atoms with Gasteiger partial charge in [0.2, 0.25) is 0 Å². The molecule has 1 aromatic rings. The minimum absolute atomic E-state index is 0.167. The highest BCUT2D eigenvalue weighted by Crippen LogP contribution is 2.21. The molecule has 2 heterocycles. The Morgan fingerprint density at radius 1 is 1.39 bits per heavy atom. The van der Waals surface area contributed by atoms with E-state index in [0.717, 1.165) is 24.2 Å². The third-order valence-corrected chi connectivity index (χ3v) is 4.13. The number of carbonyl (C=O) groups is 2. The first-order chi connectivity index (χ1) is 11.0. The molecule has 1 fully saturated rings. The van der Waals surface area contributed by atoms with Crippen LogP contribution in [0.5, 0.6) is 0 Å². The second kappa shape index (κ2) is 7.94. The SMILES string of the molecule is Cc1cccc(CCCNC(=O)N2CC(C)CC(C(=O)O)C2)n1. The van der Waals surface area contributed by atoms with Crippen LogP contribution in [0.25, 0.3) is 0 Å². The number of nitrogens with one attached hydrogen (secondary N) is 1. The highest BCUT2D eigenvalue weighted by Gasteiger charge is 2.31. The summed E-state index contributed by atoms with van der Waals surface area (Å²) in [7, 11) is 0. The number of aliphatic carboxylic acids is 1. The molecule has 0 spiro atoms. The molecule has 23 heavy (non-hydrogen) atoms. The average Bonchev–Trinajstić information content (AvgIpc) is 2.50. The number of hydrogen-bond donors (Lipinski definition) is 2. The number of likely N-dealkylation sites (tertiary alicyclic amines) is 1. The molecule has 2 N–H and O–H groups in total. The number of pyridine rings is 1. The Morgan fingerprint density at radius 3 is 2.87 bits per heavy atom. The number of aryl methyl sites for hydroxylation is 2. The van der Waals surface area contributed by atoms with E-state index in [9.17, 15) is 9.59 Å². The van der Waals surface area contributed by atoms with Crippen molar-refractivity contribution in [2.45, 2.75) is 33.1 Å². The lowest BCUT2D eigenvalue weighted by atomic mass is 9.91. The first-order valence-electron chi connectivity index (χ1n) is 8.14. The van der Waals surface area contributed by atoms with Crippen molar-refractivity contribution in [3.05, 3.63) is 29.6 Å². The van der Waals surface area contributed by atoms with Gasteiger partial charge in [-0.2, -0.15) is 0 Å². The van der Waals surface area contributed by atoms with Crippen LogP contribution in [0.3, 0.4) is 0 Å². The van der Waals surface area contributed by atoms with Crippen LogP contribution in [-0.4, -0.2) is 46.6 Å². The maximum Gasteiger partial charge on any atom is 0.317 e. The minimum Gasteiger partial charge on any atom is -0.481 e. The van der Waals surface area contributed by atoms with Crippen molar-refractivity contribution in [1.29, 1.82) is 0 Å². The Morgan fingerprint density at radius 2 is 2.17 bits per heavy atom. The van der Waals surface area contributed by atoms with Crippen LogP contribution < -0.4 is 5.32 Å². The van der Waals surface area contributed by atoms with E-state index in [4.69, 9.17) is 5.11 Å². The highest BCUT2D eigenvalue weighted by atomic mass is 16.4. The number of carbonyl (C=O) groups excluding carboxylic acids is 1. The minimum atomic E-state index is -0.820. The first kappa shape index (κ1) is 17.2. The predicted molar refractivity (Wildman–Crippen MR) is 87.2 cm³/mol. The molecule has 2 rings (SSSR count). The molecule has 6 nitrogen and oxygen atoms in total. The summed E-state index contributed by atoms with van der Waals surface area (Å²) in [6.45, 7) is 5.43. The van der Waals surface area contributed by atoms with Crippen LogP contribution in [0.1, 0.15) is 31.2 Å². The lowest BCUT2D eigenvalue weighted by Gasteiger charge is -2.34. The monoisotopic (exact) mass is 319 g/mol. The average molecular weight is 319 g/mol. The summed E-state index contributed by atoms with van der Waals surface area (Å²) in [5, 5.41) is 12.0. The van der Waals surface area contributed by atoms with Crippen LogP contribution in [0.4, 0.5) is 4.79 Å². The van der Waals surface area contributed by atoms with E-state index < -0.39 is 11.9 Å². The maximum absolute atomic E-state index is 12.2. The van der Waals surface area contributed by atoms with Crippen molar-refractivity contribution in [3.63, 3.8) is 0 Å². The fourth-order valence-corrected chi connectivity index (χ4v) is 3.01. The quantitative estimate of drug-likeness (QED) is 0.814. The Hall–Kier alpha value is -2.11. The van der Waals surface area contributed by atoms with E-state index in [1.807, 2.05) is 32.0 Å². The van der Waals surface area contributed by atoms with Gasteiger partial charge in [0, 0.05) is 31.0 Å². The van der Waals surface area contributed by atoms with E-state index in [0.29, 0.717) is 26.1 Å². The molecule has 2 unspecified atom stereocenters. The van der Waals surface area contributed by atoms with Crippen LogP contribution in [0.2, 0.25) is 0 Å². The zero-order chi connectivity index (χ0) is 16.8. The smallest absolute Gasteiger partial charge is 0.317 e. The van der Waals surface area contributed by atoms with E-state index in [1.165, 1.54) is 0 Å². The fourth-order valence-electron chi connectivity index (χ4n) is 3.01. The highest BCUT2D eigenvalue weighted by molar-refractivity contribution is 5.76. The Bertz CT molecular complexity index is 562. The molecule has 2 amide bonds. The van der Waals surface area contributed by atoms with Crippen LogP contribution in [0.15, 0.2) is 18.2 Å². The molecule has 1 saturated heterocycles. The molecule has 2 atom stereocenters. The molecule has 0 saturated carbocycles. The van der Waals surface area contributed by atoms with Gasteiger partial charge in [-0.15, -0.1) is 0 Å². The summed E-state index contributed by atoms with van der Waals surface area (Å²) in [5.74, 6) is -1.06. The molecule has 6 heteroatoms. The Labute approximate surface area is 136 Å². The topological polar surface area (TPSA) is 82.5 Å². The molecular weight excluding hydrogens is 294 g/mol. The maximum atomic E-state index is 12.2. The molecule has 0 radical (unpaired) electrons. The number of carboxylic acids is 1. The second-order valence-electron chi connectivity index (χ2n) is 6.39. The number of carboxylic acid groups (broad SMARTS) is 1. The van der Waals surface area contributed by atoms with Crippen molar-refractivity contribution in [2.75, 3.05) is 19.6 Å². The van der Waals surface area contributed by atoms with Gasteiger partial charge in [-0.05, 0) is 44.2 Å². The molecule has 0 bridgehead atoms. The van der Waals surface area contributed by atoms with Crippen molar-refractivity contribution in [2.24, 2.45) is 11.8 Å². The zero-order valence-electron chi connectivity index (χ0n) is 13.8. The lowest BCUT2D eigenvalue weighted by molar-refractivity contribution is -0.143. The molecule has 0 aromatic carbocycles. The van der Waals surface area contributed by atoms with Gasteiger partial charge in [-0.25, -0.2) is 4.79 Å². The predicted octanol–water partition coefficient (Wildman–Crippen LogP) is 2.07. The normalized spacial score (nSPS) is 21.0. The summed E-state index contributed by atoms with van der Waals surface area (Å²) < 4.78 is 0. The number of aromatic nitrogens is 1.